The molecule has 4 rings (SSSR count). The molecule has 0 radical (unpaired) electrons. The number of hydrogen-bond donors (Lipinski definition) is 1. The van der Waals surface area contributed by atoms with E-state index in [-0.39, 0.29) is 5.56 Å². The van der Waals surface area contributed by atoms with Crippen LogP contribution in [-0.4, -0.2) is 40.2 Å². The molecule has 0 aromatic carbocycles. The summed E-state index contributed by atoms with van der Waals surface area (Å²) in [4.78, 5) is 22.4. The lowest BCUT2D eigenvalue weighted by Gasteiger charge is -2.26. The molecule has 1 atom stereocenters. The molecule has 0 saturated carbocycles. The molecule has 3 heterocycles. The molecule has 2 aromatic heterocycles. The summed E-state index contributed by atoms with van der Waals surface area (Å²) in [6.07, 6.45) is 6.36. The summed E-state index contributed by atoms with van der Waals surface area (Å²) in [6, 6.07) is 1.99. The Balaban J connectivity index is 1.61. The molecule has 134 valence electrons. The molecular weight excluding hydrogens is 316 g/mol. The molecule has 1 saturated heterocycles. The first kappa shape index (κ1) is 16.5. The molecule has 1 N–H and O–H groups in total. The lowest BCUT2D eigenvalue weighted by Crippen LogP contribution is -2.29. The summed E-state index contributed by atoms with van der Waals surface area (Å²) in [7, 11) is 2.13. The molecule has 0 spiro atoms. The Morgan fingerprint density at radius 1 is 1.32 bits per heavy atom. The van der Waals surface area contributed by atoms with Crippen LogP contribution in [0.1, 0.15) is 55.7 Å². The van der Waals surface area contributed by atoms with Crippen molar-refractivity contribution >= 4 is 0 Å². The number of nitrogens with zero attached hydrogens (tertiary/aromatic N) is 3. The monoisotopic (exact) mass is 342 g/mol. The van der Waals surface area contributed by atoms with E-state index < -0.39 is 0 Å². The highest BCUT2D eigenvalue weighted by molar-refractivity contribution is 5.55. The number of pyridine rings is 1. The highest BCUT2D eigenvalue weighted by atomic mass is 16.5. The second-order valence-corrected chi connectivity index (χ2v) is 7.57. The van der Waals surface area contributed by atoms with Gasteiger partial charge in [0.25, 0.3) is 5.56 Å². The Labute approximate surface area is 147 Å². The van der Waals surface area contributed by atoms with E-state index in [1.54, 1.807) is 0 Å². The van der Waals surface area contributed by atoms with E-state index in [4.69, 9.17) is 4.52 Å². The van der Waals surface area contributed by atoms with Crippen molar-refractivity contribution in [1.29, 1.82) is 0 Å². The van der Waals surface area contributed by atoms with Crippen molar-refractivity contribution in [3.63, 3.8) is 0 Å². The first-order chi connectivity index (χ1) is 12.1. The zero-order chi connectivity index (χ0) is 17.4. The van der Waals surface area contributed by atoms with Crippen LogP contribution in [0.4, 0.5) is 0 Å². The number of rotatable bonds is 3. The van der Waals surface area contributed by atoms with Crippen molar-refractivity contribution in [2.75, 3.05) is 20.1 Å². The maximum absolute atomic E-state index is 12.5. The van der Waals surface area contributed by atoms with Gasteiger partial charge in [-0.05, 0) is 69.8 Å². The molecule has 2 aromatic rings. The number of H-pyrrole nitrogens is 1. The molecule has 0 amide bonds. The van der Waals surface area contributed by atoms with Crippen LogP contribution in [-0.2, 0) is 12.8 Å². The molecule has 2 aliphatic rings. The minimum absolute atomic E-state index is 0.107. The number of likely N-dealkylation sites (tertiary alicyclic amines) is 1. The van der Waals surface area contributed by atoms with E-state index in [2.05, 4.69) is 34.0 Å². The smallest absolute Gasteiger partial charge is 0.259 e. The quantitative estimate of drug-likeness (QED) is 0.928. The summed E-state index contributed by atoms with van der Waals surface area (Å²) < 4.78 is 5.50. The van der Waals surface area contributed by atoms with E-state index in [9.17, 15) is 4.79 Å². The predicted octanol–water partition coefficient (Wildman–Crippen LogP) is 2.75. The van der Waals surface area contributed by atoms with Crippen LogP contribution < -0.4 is 5.56 Å². The van der Waals surface area contributed by atoms with Crippen molar-refractivity contribution < 1.29 is 4.52 Å². The van der Waals surface area contributed by atoms with Gasteiger partial charge in [-0.25, -0.2) is 0 Å². The largest absolute Gasteiger partial charge is 0.339 e. The first-order valence-electron chi connectivity index (χ1n) is 9.41. The van der Waals surface area contributed by atoms with E-state index in [0.717, 1.165) is 50.9 Å². The van der Waals surface area contributed by atoms with Crippen LogP contribution in [0, 0.1) is 5.92 Å². The topological polar surface area (TPSA) is 75.0 Å². The fraction of sp³-hybridized carbons (Fsp3) is 0.632. The average molecular weight is 342 g/mol. The Morgan fingerprint density at radius 3 is 2.88 bits per heavy atom. The number of fused-ring (bicyclic) bond motifs is 1. The van der Waals surface area contributed by atoms with Gasteiger partial charge < -0.3 is 14.4 Å². The summed E-state index contributed by atoms with van der Waals surface area (Å²) in [5.41, 5.74) is 2.75. The minimum Gasteiger partial charge on any atom is -0.339 e. The van der Waals surface area contributed by atoms with E-state index in [1.807, 2.05) is 6.07 Å². The van der Waals surface area contributed by atoms with Crippen molar-refractivity contribution in [3.05, 3.63) is 33.6 Å². The molecule has 25 heavy (non-hydrogen) atoms. The highest BCUT2D eigenvalue weighted by Gasteiger charge is 2.25. The van der Waals surface area contributed by atoms with Gasteiger partial charge in [0, 0.05) is 11.6 Å². The Bertz CT molecular complexity index is 802. The van der Waals surface area contributed by atoms with Crippen LogP contribution in [0.25, 0.3) is 11.4 Å². The predicted molar refractivity (Wildman–Crippen MR) is 95.6 cm³/mol. The SMILES string of the molecule is CCC1CCc2[nH]c(=O)c(-c3noc(C4CCN(C)CC4)n3)cc2C1. The van der Waals surface area contributed by atoms with Crippen LogP contribution in [0.3, 0.4) is 0 Å². The second-order valence-electron chi connectivity index (χ2n) is 7.57. The van der Waals surface area contributed by atoms with Gasteiger partial charge in [0.2, 0.25) is 11.7 Å². The van der Waals surface area contributed by atoms with Gasteiger partial charge in [-0.2, -0.15) is 4.98 Å². The summed E-state index contributed by atoms with van der Waals surface area (Å²) in [5.74, 6) is 2.10. The zero-order valence-electron chi connectivity index (χ0n) is 15.0. The third-order valence-corrected chi connectivity index (χ3v) is 5.85. The van der Waals surface area contributed by atoms with Crippen molar-refractivity contribution in [3.8, 4) is 11.4 Å². The van der Waals surface area contributed by atoms with Crippen LogP contribution in [0.5, 0.6) is 0 Å². The minimum atomic E-state index is -0.107. The maximum Gasteiger partial charge on any atom is 0.259 e. The van der Waals surface area contributed by atoms with Gasteiger partial charge in [-0.1, -0.05) is 18.5 Å². The highest BCUT2D eigenvalue weighted by Crippen LogP contribution is 2.29. The second kappa shape index (κ2) is 6.75. The number of aromatic nitrogens is 3. The molecule has 1 aliphatic carbocycles. The number of aryl methyl sites for hydroxylation is 1. The van der Waals surface area contributed by atoms with Crippen LogP contribution in [0.15, 0.2) is 15.4 Å². The van der Waals surface area contributed by atoms with E-state index in [1.165, 1.54) is 12.0 Å². The molecule has 1 fully saturated rings. The normalized spacial score (nSPS) is 22.1. The third kappa shape index (κ3) is 3.27. The summed E-state index contributed by atoms with van der Waals surface area (Å²) in [6.45, 7) is 4.32. The fourth-order valence-corrected chi connectivity index (χ4v) is 4.06. The number of hydrogen-bond acceptors (Lipinski definition) is 5. The number of piperidine rings is 1. The standard InChI is InChI=1S/C19H26N4O2/c1-3-12-4-5-16-14(10-12)11-15(18(24)20-16)17-21-19(25-22-17)13-6-8-23(2)9-7-13/h11-13H,3-10H2,1-2H3,(H,20,24). The van der Waals surface area contributed by atoms with E-state index in [0.29, 0.717) is 29.1 Å². The van der Waals surface area contributed by atoms with E-state index >= 15 is 0 Å². The van der Waals surface area contributed by atoms with Crippen LogP contribution >= 0.6 is 0 Å². The number of nitrogens with one attached hydrogen (secondary N) is 1. The van der Waals surface area contributed by atoms with Gasteiger partial charge in [0.15, 0.2) is 0 Å². The molecule has 1 aliphatic heterocycles. The Morgan fingerprint density at radius 2 is 2.12 bits per heavy atom. The average Bonchev–Trinajstić information content (AvgIpc) is 3.11. The Hall–Kier alpha value is -1.95. The molecule has 0 bridgehead atoms. The molecule has 1 unspecified atom stereocenters. The lowest BCUT2D eigenvalue weighted by atomic mass is 9.84. The zero-order valence-corrected chi connectivity index (χ0v) is 15.0. The third-order valence-electron chi connectivity index (χ3n) is 5.85. The van der Waals surface area contributed by atoms with Crippen LogP contribution in [0.2, 0.25) is 0 Å². The van der Waals surface area contributed by atoms with Gasteiger partial charge >= 0.3 is 0 Å². The van der Waals surface area contributed by atoms with Gasteiger partial charge in [0.1, 0.15) is 0 Å². The lowest BCUT2D eigenvalue weighted by molar-refractivity contribution is 0.227. The molecular formula is C19H26N4O2. The number of aromatic amines is 1. The maximum atomic E-state index is 12.5. The summed E-state index contributed by atoms with van der Waals surface area (Å²) in [5, 5.41) is 4.11. The Kier molecular flexibility index (Phi) is 4.46. The van der Waals surface area contributed by atoms with Crippen molar-refractivity contribution in [2.24, 2.45) is 5.92 Å². The first-order valence-corrected chi connectivity index (χ1v) is 9.41. The fourth-order valence-electron chi connectivity index (χ4n) is 4.06. The van der Waals surface area contributed by atoms with Gasteiger partial charge in [-0.3, -0.25) is 4.79 Å². The van der Waals surface area contributed by atoms with Gasteiger partial charge in [-0.15, -0.1) is 0 Å². The summed E-state index contributed by atoms with van der Waals surface area (Å²) >= 11 is 0. The molecule has 6 nitrogen and oxygen atoms in total. The van der Waals surface area contributed by atoms with Crippen molar-refractivity contribution in [1.82, 2.24) is 20.0 Å². The van der Waals surface area contributed by atoms with Crippen molar-refractivity contribution in [2.45, 2.75) is 51.4 Å². The van der Waals surface area contributed by atoms with Gasteiger partial charge in [0.05, 0.1) is 5.56 Å². The molecule has 6 heteroatoms.